The molecule has 0 spiro atoms. The minimum Gasteiger partial charge on any atom is -0.481 e. The van der Waals surface area contributed by atoms with E-state index in [1.807, 2.05) is 6.92 Å². The number of aryl methyl sites for hydroxylation is 2. The van der Waals surface area contributed by atoms with Crippen LogP contribution in [-0.4, -0.2) is 26.2 Å². The van der Waals surface area contributed by atoms with E-state index in [-0.39, 0.29) is 18.1 Å². The summed E-state index contributed by atoms with van der Waals surface area (Å²) in [6.45, 7) is 3.63. The summed E-state index contributed by atoms with van der Waals surface area (Å²) in [6.07, 6.45) is 0.663. The molecule has 0 fully saturated rings. The molecule has 100 valence electrons. The van der Waals surface area contributed by atoms with Gasteiger partial charge in [0.1, 0.15) is 0 Å². The fourth-order valence-electron chi connectivity index (χ4n) is 1.45. The van der Waals surface area contributed by atoms with Gasteiger partial charge in [-0.3, -0.25) is 0 Å². The van der Waals surface area contributed by atoms with Crippen LogP contribution < -0.4 is 4.74 Å². The molecule has 0 aliphatic heterocycles. The second kappa shape index (κ2) is 5.47. The van der Waals surface area contributed by atoms with Crippen molar-refractivity contribution in [1.29, 1.82) is 0 Å². The van der Waals surface area contributed by atoms with Gasteiger partial charge >= 0.3 is 5.97 Å². The molecular weight excluding hydrogens is 250 g/mol. The average Bonchev–Trinajstić information content (AvgIpc) is 2.85. The maximum absolute atomic E-state index is 11.0. The molecule has 0 aromatic carbocycles. The van der Waals surface area contributed by atoms with Gasteiger partial charge in [-0.25, -0.2) is 9.78 Å². The van der Waals surface area contributed by atoms with Gasteiger partial charge in [-0.2, -0.15) is 4.98 Å². The Morgan fingerprint density at radius 3 is 2.84 bits per heavy atom. The van der Waals surface area contributed by atoms with Crippen LogP contribution in [0.1, 0.15) is 34.8 Å². The number of carbonyl (C=O) groups is 1. The first-order valence-corrected chi connectivity index (χ1v) is 5.75. The van der Waals surface area contributed by atoms with E-state index in [1.165, 1.54) is 0 Å². The molecule has 0 aliphatic rings. The van der Waals surface area contributed by atoms with Crippen molar-refractivity contribution in [3.63, 3.8) is 0 Å². The van der Waals surface area contributed by atoms with E-state index in [0.29, 0.717) is 23.8 Å². The molecule has 0 atom stereocenters. The van der Waals surface area contributed by atoms with E-state index in [1.54, 1.807) is 19.1 Å². The third-order valence-electron chi connectivity index (χ3n) is 2.38. The van der Waals surface area contributed by atoms with Gasteiger partial charge in [-0.05, 0) is 19.1 Å². The number of hydrogen-bond donors (Lipinski definition) is 1. The third kappa shape index (κ3) is 3.06. The lowest BCUT2D eigenvalue weighted by Gasteiger charge is -2.06. The van der Waals surface area contributed by atoms with Crippen molar-refractivity contribution in [2.45, 2.75) is 26.9 Å². The fraction of sp³-hybridized carbons (Fsp3) is 0.333. The van der Waals surface area contributed by atoms with Crippen LogP contribution in [0.2, 0.25) is 0 Å². The zero-order chi connectivity index (χ0) is 13.8. The van der Waals surface area contributed by atoms with E-state index in [2.05, 4.69) is 15.1 Å². The van der Waals surface area contributed by atoms with Crippen molar-refractivity contribution < 1.29 is 19.2 Å². The Morgan fingerprint density at radius 1 is 1.42 bits per heavy atom. The largest absolute Gasteiger partial charge is 0.481 e. The van der Waals surface area contributed by atoms with Crippen molar-refractivity contribution in [2.24, 2.45) is 0 Å². The SMILES string of the molecule is CCc1noc(COc2ccc(C)nc2C(=O)O)n1. The highest BCUT2D eigenvalue weighted by Gasteiger charge is 2.14. The lowest BCUT2D eigenvalue weighted by atomic mass is 10.3. The molecule has 19 heavy (non-hydrogen) atoms. The zero-order valence-electron chi connectivity index (χ0n) is 10.6. The molecule has 0 saturated heterocycles. The van der Waals surface area contributed by atoms with Gasteiger partial charge in [-0.1, -0.05) is 12.1 Å². The van der Waals surface area contributed by atoms with Crippen LogP contribution in [0.25, 0.3) is 0 Å². The van der Waals surface area contributed by atoms with E-state index in [0.717, 1.165) is 0 Å². The van der Waals surface area contributed by atoms with Gasteiger partial charge < -0.3 is 14.4 Å². The second-order valence-electron chi connectivity index (χ2n) is 3.85. The van der Waals surface area contributed by atoms with Crippen molar-refractivity contribution in [3.05, 3.63) is 35.2 Å². The summed E-state index contributed by atoms with van der Waals surface area (Å²) in [5.41, 5.74) is 0.478. The van der Waals surface area contributed by atoms with E-state index >= 15 is 0 Å². The van der Waals surface area contributed by atoms with Gasteiger partial charge in [-0.15, -0.1) is 0 Å². The number of carboxylic acids is 1. The number of nitrogens with zero attached hydrogens (tertiary/aromatic N) is 3. The molecule has 1 N–H and O–H groups in total. The molecule has 7 nitrogen and oxygen atoms in total. The molecule has 0 radical (unpaired) electrons. The number of rotatable bonds is 5. The Bertz CT molecular complexity index is 594. The monoisotopic (exact) mass is 263 g/mol. The Kier molecular flexibility index (Phi) is 3.74. The quantitative estimate of drug-likeness (QED) is 0.874. The summed E-state index contributed by atoms with van der Waals surface area (Å²) < 4.78 is 10.3. The van der Waals surface area contributed by atoms with E-state index in [9.17, 15) is 4.79 Å². The molecule has 2 aromatic rings. The van der Waals surface area contributed by atoms with Crippen LogP contribution in [0.5, 0.6) is 5.75 Å². The fourth-order valence-corrected chi connectivity index (χ4v) is 1.45. The first kappa shape index (κ1) is 13.0. The number of aromatic carboxylic acids is 1. The highest BCUT2D eigenvalue weighted by molar-refractivity contribution is 5.88. The topological polar surface area (TPSA) is 98.3 Å². The molecule has 0 unspecified atom stereocenters. The molecule has 0 aliphatic carbocycles. The molecule has 0 saturated carbocycles. The number of carboxylic acid groups (broad SMARTS) is 1. The summed E-state index contributed by atoms with van der Waals surface area (Å²) in [5, 5.41) is 12.8. The van der Waals surface area contributed by atoms with Crippen LogP contribution in [0.15, 0.2) is 16.7 Å². The molecule has 2 heterocycles. The standard InChI is InChI=1S/C12H13N3O4/c1-3-9-14-10(19-15-9)6-18-8-5-4-7(2)13-11(8)12(16)17/h4-5H,3,6H2,1-2H3,(H,16,17). The maximum atomic E-state index is 11.0. The van der Waals surface area contributed by atoms with Gasteiger partial charge in [0, 0.05) is 12.1 Å². The third-order valence-corrected chi connectivity index (χ3v) is 2.38. The zero-order valence-corrected chi connectivity index (χ0v) is 10.6. The minimum atomic E-state index is -1.14. The van der Waals surface area contributed by atoms with Crippen molar-refractivity contribution in [3.8, 4) is 5.75 Å². The van der Waals surface area contributed by atoms with Crippen LogP contribution in [0.4, 0.5) is 0 Å². The minimum absolute atomic E-state index is 0.0119. The Balaban J connectivity index is 2.12. The van der Waals surface area contributed by atoms with Crippen LogP contribution >= 0.6 is 0 Å². The predicted molar refractivity (Wildman–Crippen MR) is 63.9 cm³/mol. The van der Waals surface area contributed by atoms with E-state index in [4.69, 9.17) is 14.4 Å². The predicted octanol–water partition coefficient (Wildman–Crippen LogP) is 1.61. The number of hydrogen-bond acceptors (Lipinski definition) is 6. The molecule has 0 bridgehead atoms. The molecule has 2 aromatic heterocycles. The van der Waals surface area contributed by atoms with Crippen molar-refractivity contribution in [1.82, 2.24) is 15.1 Å². The second-order valence-corrected chi connectivity index (χ2v) is 3.85. The number of pyridine rings is 1. The Hall–Kier alpha value is -2.44. The molecular formula is C12H13N3O4. The Morgan fingerprint density at radius 2 is 2.21 bits per heavy atom. The first-order valence-electron chi connectivity index (χ1n) is 5.75. The summed E-state index contributed by atoms with van der Waals surface area (Å²) in [6, 6.07) is 3.23. The summed E-state index contributed by atoms with van der Waals surface area (Å²) in [5.74, 6) is -0.0827. The van der Waals surface area contributed by atoms with Crippen molar-refractivity contribution in [2.75, 3.05) is 0 Å². The van der Waals surface area contributed by atoms with Crippen LogP contribution in [-0.2, 0) is 13.0 Å². The van der Waals surface area contributed by atoms with Crippen LogP contribution in [0.3, 0.4) is 0 Å². The highest BCUT2D eigenvalue weighted by atomic mass is 16.5. The highest BCUT2D eigenvalue weighted by Crippen LogP contribution is 2.18. The van der Waals surface area contributed by atoms with E-state index < -0.39 is 5.97 Å². The number of aromatic nitrogens is 3. The normalized spacial score (nSPS) is 10.4. The van der Waals surface area contributed by atoms with Gasteiger partial charge in [0.05, 0.1) is 0 Å². The van der Waals surface area contributed by atoms with Gasteiger partial charge in [0.2, 0.25) is 0 Å². The van der Waals surface area contributed by atoms with Crippen LogP contribution in [0, 0.1) is 6.92 Å². The first-order chi connectivity index (χ1) is 9.10. The van der Waals surface area contributed by atoms with Crippen molar-refractivity contribution >= 4 is 5.97 Å². The van der Waals surface area contributed by atoms with Gasteiger partial charge in [0.25, 0.3) is 5.89 Å². The molecule has 0 amide bonds. The number of ether oxygens (including phenoxy) is 1. The van der Waals surface area contributed by atoms with Gasteiger partial charge in [0.15, 0.2) is 23.9 Å². The maximum Gasteiger partial charge on any atom is 0.358 e. The smallest absolute Gasteiger partial charge is 0.358 e. The Labute approximate surface area is 109 Å². The summed E-state index contributed by atoms with van der Waals surface area (Å²) >= 11 is 0. The lowest BCUT2D eigenvalue weighted by Crippen LogP contribution is -2.07. The molecule has 2 rings (SSSR count). The lowest BCUT2D eigenvalue weighted by molar-refractivity contribution is 0.0683. The summed E-state index contributed by atoms with van der Waals surface area (Å²) in [4.78, 5) is 19.0. The average molecular weight is 263 g/mol. The summed E-state index contributed by atoms with van der Waals surface area (Å²) in [7, 11) is 0. The molecule has 7 heteroatoms.